The van der Waals surface area contributed by atoms with Crippen molar-refractivity contribution in [3.05, 3.63) is 17.7 Å². The van der Waals surface area contributed by atoms with E-state index >= 15 is 0 Å². The van der Waals surface area contributed by atoms with Crippen molar-refractivity contribution in [3.8, 4) is 0 Å². The molecule has 1 rings (SSSR count). The van der Waals surface area contributed by atoms with Gasteiger partial charge in [0, 0.05) is 12.7 Å². The van der Waals surface area contributed by atoms with Gasteiger partial charge in [0.15, 0.2) is 0 Å². The maximum Gasteiger partial charge on any atom is 0.105 e. The molecule has 0 bridgehead atoms. The Labute approximate surface area is 68.3 Å². The highest BCUT2D eigenvalue weighted by molar-refractivity contribution is 5.00. The SMILES string of the molecule is Cc1cn(CC(C)C)c(C)n1. The van der Waals surface area contributed by atoms with Gasteiger partial charge in [0.1, 0.15) is 5.82 Å². The van der Waals surface area contributed by atoms with E-state index in [0.29, 0.717) is 5.92 Å². The normalized spacial score (nSPS) is 11.0. The Bertz CT molecular complexity index is 236. The van der Waals surface area contributed by atoms with Gasteiger partial charge in [0.25, 0.3) is 0 Å². The van der Waals surface area contributed by atoms with E-state index in [0.717, 1.165) is 18.1 Å². The fraction of sp³-hybridized carbons (Fsp3) is 0.667. The van der Waals surface area contributed by atoms with Crippen molar-refractivity contribution in [2.45, 2.75) is 34.2 Å². The first kappa shape index (κ1) is 8.31. The summed E-state index contributed by atoms with van der Waals surface area (Å²) in [5.74, 6) is 1.82. The maximum absolute atomic E-state index is 4.33. The summed E-state index contributed by atoms with van der Waals surface area (Å²) < 4.78 is 2.21. The molecule has 0 fully saturated rings. The highest BCUT2D eigenvalue weighted by Gasteiger charge is 2.01. The Balaban J connectivity index is 2.77. The fourth-order valence-electron chi connectivity index (χ4n) is 1.25. The van der Waals surface area contributed by atoms with Crippen LogP contribution in [0.15, 0.2) is 6.20 Å². The lowest BCUT2D eigenvalue weighted by molar-refractivity contribution is 0.514. The summed E-state index contributed by atoms with van der Waals surface area (Å²) in [6.07, 6.45) is 2.11. The van der Waals surface area contributed by atoms with Crippen molar-refractivity contribution in [1.82, 2.24) is 9.55 Å². The third-order valence-electron chi connectivity index (χ3n) is 1.66. The van der Waals surface area contributed by atoms with Gasteiger partial charge in [-0.2, -0.15) is 0 Å². The van der Waals surface area contributed by atoms with E-state index in [1.807, 2.05) is 6.92 Å². The van der Waals surface area contributed by atoms with Crippen LogP contribution < -0.4 is 0 Å². The Morgan fingerprint density at radius 1 is 1.45 bits per heavy atom. The zero-order valence-corrected chi connectivity index (χ0v) is 7.76. The first-order valence-corrected chi connectivity index (χ1v) is 4.10. The minimum absolute atomic E-state index is 0.697. The number of hydrogen-bond donors (Lipinski definition) is 0. The van der Waals surface area contributed by atoms with Crippen molar-refractivity contribution >= 4 is 0 Å². The van der Waals surface area contributed by atoms with Crippen molar-refractivity contribution in [1.29, 1.82) is 0 Å². The Morgan fingerprint density at radius 3 is 2.45 bits per heavy atom. The highest BCUT2D eigenvalue weighted by atomic mass is 15.1. The van der Waals surface area contributed by atoms with E-state index in [9.17, 15) is 0 Å². The molecule has 0 aliphatic carbocycles. The van der Waals surface area contributed by atoms with E-state index in [1.165, 1.54) is 0 Å². The number of aromatic nitrogens is 2. The molecule has 2 heteroatoms. The maximum atomic E-state index is 4.33. The predicted molar refractivity (Wildman–Crippen MR) is 46.5 cm³/mol. The van der Waals surface area contributed by atoms with Crippen LogP contribution in [0.2, 0.25) is 0 Å². The summed E-state index contributed by atoms with van der Waals surface area (Å²) >= 11 is 0. The van der Waals surface area contributed by atoms with Crippen LogP contribution in [-0.2, 0) is 6.54 Å². The molecule has 1 aromatic rings. The molecule has 0 aliphatic heterocycles. The zero-order chi connectivity index (χ0) is 8.43. The summed E-state index contributed by atoms with van der Waals surface area (Å²) in [7, 11) is 0. The second-order valence-electron chi connectivity index (χ2n) is 3.48. The number of nitrogens with zero attached hydrogens (tertiary/aromatic N) is 2. The standard InChI is InChI=1S/C9H16N2/c1-7(2)5-11-6-8(3)10-9(11)4/h6-7H,5H2,1-4H3. The quantitative estimate of drug-likeness (QED) is 0.635. The van der Waals surface area contributed by atoms with Crippen LogP contribution in [0, 0.1) is 19.8 Å². The summed E-state index contributed by atoms with van der Waals surface area (Å²) in [5, 5.41) is 0. The Kier molecular flexibility index (Phi) is 2.32. The van der Waals surface area contributed by atoms with Gasteiger partial charge in [-0.15, -0.1) is 0 Å². The second kappa shape index (κ2) is 3.07. The molecule has 0 amide bonds. The van der Waals surface area contributed by atoms with Gasteiger partial charge >= 0.3 is 0 Å². The average molecular weight is 152 g/mol. The molecule has 0 radical (unpaired) electrons. The molecule has 0 spiro atoms. The van der Waals surface area contributed by atoms with Crippen LogP contribution >= 0.6 is 0 Å². The molecule has 1 aromatic heterocycles. The monoisotopic (exact) mass is 152 g/mol. The molecular formula is C9H16N2. The lowest BCUT2D eigenvalue weighted by atomic mass is 10.2. The topological polar surface area (TPSA) is 17.8 Å². The fourth-order valence-corrected chi connectivity index (χ4v) is 1.25. The lowest BCUT2D eigenvalue weighted by Gasteiger charge is -2.06. The van der Waals surface area contributed by atoms with Crippen LogP contribution in [0.1, 0.15) is 25.4 Å². The zero-order valence-electron chi connectivity index (χ0n) is 7.76. The van der Waals surface area contributed by atoms with E-state index in [4.69, 9.17) is 0 Å². The van der Waals surface area contributed by atoms with Crippen LogP contribution in [0.25, 0.3) is 0 Å². The molecule has 0 aromatic carbocycles. The van der Waals surface area contributed by atoms with Gasteiger partial charge in [0.05, 0.1) is 5.69 Å². The van der Waals surface area contributed by atoms with Crippen molar-refractivity contribution < 1.29 is 0 Å². The first-order valence-electron chi connectivity index (χ1n) is 4.10. The van der Waals surface area contributed by atoms with Gasteiger partial charge in [-0.05, 0) is 19.8 Å². The van der Waals surface area contributed by atoms with E-state index in [-0.39, 0.29) is 0 Å². The van der Waals surface area contributed by atoms with Crippen molar-refractivity contribution in [2.24, 2.45) is 5.92 Å². The van der Waals surface area contributed by atoms with Gasteiger partial charge in [0.2, 0.25) is 0 Å². The van der Waals surface area contributed by atoms with Gasteiger partial charge in [-0.25, -0.2) is 4.98 Å². The number of aryl methyl sites for hydroxylation is 2. The van der Waals surface area contributed by atoms with Crippen molar-refractivity contribution in [3.63, 3.8) is 0 Å². The van der Waals surface area contributed by atoms with Gasteiger partial charge in [-0.3, -0.25) is 0 Å². The third-order valence-corrected chi connectivity index (χ3v) is 1.66. The predicted octanol–water partition coefficient (Wildman–Crippen LogP) is 2.16. The molecule has 0 N–H and O–H groups in total. The molecule has 0 aliphatic rings. The van der Waals surface area contributed by atoms with E-state index in [2.05, 4.69) is 36.5 Å². The summed E-state index contributed by atoms with van der Waals surface area (Å²) in [4.78, 5) is 4.33. The summed E-state index contributed by atoms with van der Waals surface area (Å²) in [6.45, 7) is 9.59. The Hall–Kier alpha value is -0.790. The largest absolute Gasteiger partial charge is 0.335 e. The molecule has 62 valence electrons. The molecule has 0 saturated carbocycles. The minimum atomic E-state index is 0.697. The van der Waals surface area contributed by atoms with Crippen LogP contribution in [0.3, 0.4) is 0 Å². The molecule has 2 nitrogen and oxygen atoms in total. The minimum Gasteiger partial charge on any atom is -0.335 e. The Morgan fingerprint density at radius 2 is 2.09 bits per heavy atom. The molecule has 1 heterocycles. The smallest absolute Gasteiger partial charge is 0.105 e. The van der Waals surface area contributed by atoms with Crippen LogP contribution in [-0.4, -0.2) is 9.55 Å². The summed E-state index contributed by atoms with van der Waals surface area (Å²) in [5.41, 5.74) is 1.11. The number of rotatable bonds is 2. The summed E-state index contributed by atoms with van der Waals surface area (Å²) in [6, 6.07) is 0. The van der Waals surface area contributed by atoms with Crippen molar-refractivity contribution in [2.75, 3.05) is 0 Å². The van der Waals surface area contributed by atoms with Gasteiger partial charge < -0.3 is 4.57 Å². The van der Waals surface area contributed by atoms with Crippen LogP contribution in [0.4, 0.5) is 0 Å². The van der Waals surface area contributed by atoms with Crippen LogP contribution in [0.5, 0.6) is 0 Å². The average Bonchev–Trinajstić information content (AvgIpc) is 2.09. The number of hydrogen-bond acceptors (Lipinski definition) is 1. The lowest BCUT2D eigenvalue weighted by Crippen LogP contribution is -2.04. The van der Waals surface area contributed by atoms with E-state index in [1.54, 1.807) is 0 Å². The van der Waals surface area contributed by atoms with Gasteiger partial charge in [-0.1, -0.05) is 13.8 Å². The molecular weight excluding hydrogens is 136 g/mol. The molecule has 0 saturated heterocycles. The first-order chi connectivity index (χ1) is 5.09. The third kappa shape index (κ3) is 2.07. The molecule has 0 unspecified atom stereocenters. The highest BCUT2D eigenvalue weighted by Crippen LogP contribution is 2.04. The molecule has 0 atom stereocenters. The second-order valence-corrected chi connectivity index (χ2v) is 3.48. The number of imidazole rings is 1. The molecule has 11 heavy (non-hydrogen) atoms. The van der Waals surface area contributed by atoms with E-state index < -0.39 is 0 Å².